The van der Waals surface area contributed by atoms with Crippen LogP contribution in [0, 0.1) is 0 Å². The molecule has 28 heavy (non-hydrogen) atoms. The average Bonchev–Trinajstić information content (AvgIpc) is 3.10. The molecule has 0 aliphatic carbocycles. The van der Waals surface area contributed by atoms with E-state index < -0.39 is 11.7 Å². The summed E-state index contributed by atoms with van der Waals surface area (Å²) in [5, 5.41) is 7.90. The Morgan fingerprint density at radius 2 is 1.86 bits per heavy atom. The van der Waals surface area contributed by atoms with Crippen LogP contribution in [0.15, 0.2) is 53.9 Å². The highest BCUT2D eigenvalue weighted by Crippen LogP contribution is 2.33. The fourth-order valence-corrected chi connectivity index (χ4v) is 3.21. The van der Waals surface area contributed by atoms with Crippen LogP contribution in [0.25, 0.3) is 11.3 Å². The zero-order valence-corrected chi connectivity index (χ0v) is 15.4. The van der Waals surface area contributed by atoms with Gasteiger partial charge in [0, 0.05) is 35.3 Å². The molecular formula is C19H17F3N4OS. The molecule has 3 rings (SSSR count). The molecule has 5 nitrogen and oxygen atoms in total. The van der Waals surface area contributed by atoms with E-state index in [0.29, 0.717) is 22.2 Å². The van der Waals surface area contributed by atoms with Crippen LogP contribution in [-0.4, -0.2) is 17.4 Å². The molecule has 0 fully saturated rings. The Labute approximate surface area is 163 Å². The first-order chi connectivity index (χ1) is 13.3. The molecule has 1 amide bonds. The molecule has 0 aliphatic heterocycles. The van der Waals surface area contributed by atoms with E-state index in [-0.39, 0.29) is 18.9 Å². The summed E-state index contributed by atoms with van der Waals surface area (Å²) in [6, 6.07) is 12.1. The highest BCUT2D eigenvalue weighted by Gasteiger charge is 2.30. The SMILES string of the molecule is NCCC(=O)Nc1cccc(-c2csc(Nc3cccc(C(F)(F)F)c3)n2)c1. The predicted molar refractivity (Wildman–Crippen MR) is 105 cm³/mol. The molecule has 0 bridgehead atoms. The first kappa shape index (κ1) is 19.8. The number of nitrogens with zero attached hydrogens (tertiary/aromatic N) is 1. The maximum absolute atomic E-state index is 12.8. The number of hydrogen-bond donors (Lipinski definition) is 3. The number of carbonyl (C=O) groups excluding carboxylic acids is 1. The molecule has 0 aliphatic rings. The molecule has 0 unspecified atom stereocenters. The van der Waals surface area contributed by atoms with Gasteiger partial charge >= 0.3 is 6.18 Å². The number of rotatable bonds is 6. The summed E-state index contributed by atoms with van der Waals surface area (Å²) in [5.74, 6) is -0.176. The van der Waals surface area contributed by atoms with Crippen molar-refractivity contribution in [3.8, 4) is 11.3 Å². The minimum absolute atomic E-state index is 0.176. The minimum atomic E-state index is -4.40. The average molecular weight is 406 g/mol. The Kier molecular flexibility index (Phi) is 5.96. The maximum atomic E-state index is 12.8. The van der Waals surface area contributed by atoms with Gasteiger partial charge in [-0.15, -0.1) is 11.3 Å². The highest BCUT2D eigenvalue weighted by molar-refractivity contribution is 7.14. The quantitative estimate of drug-likeness (QED) is 0.546. The second-order valence-corrected chi connectivity index (χ2v) is 6.77. The highest BCUT2D eigenvalue weighted by atomic mass is 32.1. The van der Waals surface area contributed by atoms with Crippen LogP contribution in [0.4, 0.5) is 29.7 Å². The third-order valence-corrected chi connectivity index (χ3v) is 4.52. The Hall–Kier alpha value is -2.91. The number of hydrogen-bond acceptors (Lipinski definition) is 5. The fraction of sp³-hybridized carbons (Fsp3) is 0.158. The summed E-state index contributed by atoms with van der Waals surface area (Å²) in [6.45, 7) is 0.266. The molecule has 0 saturated heterocycles. The van der Waals surface area contributed by atoms with E-state index >= 15 is 0 Å². The zero-order chi connectivity index (χ0) is 20.1. The lowest BCUT2D eigenvalue weighted by molar-refractivity contribution is -0.137. The molecule has 0 saturated carbocycles. The van der Waals surface area contributed by atoms with Crippen LogP contribution in [-0.2, 0) is 11.0 Å². The molecule has 4 N–H and O–H groups in total. The van der Waals surface area contributed by atoms with Crippen LogP contribution < -0.4 is 16.4 Å². The molecular weight excluding hydrogens is 389 g/mol. The summed E-state index contributed by atoms with van der Waals surface area (Å²) in [6.07, 6.45) is -4.17. The van der Waals surface area contributed by atoms with Gasteiger partial charge in [-0.2, -0.15) is 13.2 Å². The third kappa shape index (κ3) is 5.08. The lowest BCUT2D eigenvalue weighted by atomic mass is 10.1. The number of amides is 1. The monoisotopic (exact) mass is 406 g/mol. The lowest BCUT2D eigenvalue weighted by Crippen LogP contribution is -2.16. The van der Waals surface area contributed by atoms with Crippen LogP contribution in [0.2, 0.25) is 0 Å². The van der Waals surface area contributed by atoms with E-state index in [0.717, 1.165) is 17.7 Å². The Bertz CT molecular complexity index is 972. The topological polar surface area (TPSA) is 80.0 Å². The summed E-state index contributed by atoms with van der Waals surface area (Å²) in [5.41, 5.74) is 6.99. The van der Waals surface area contributed by atoms with Crippen molar-refractivity contribution in [1.82, 2.24) is 4.98 Å². The summed E-state index contributed by atoms with van der Waals surface area (Å²) in [4.78, 5) is 16.1. The number of aromatic nitrogens is 1. The van der Waals surface area contributed by atoms with Gasteiger partial charge in [0.05, 0.1) is 11.3 Å². The van der Waals surface area contributed by atoms with Gasteiger partial charge in [-0.1, -0.05) is 18.2 Å². The fourth-order valence-electron chi connectivity index (χ4n) is 2.47. The van der Waals surface area contributed by atoms with Crippen LogP contribution >= 0.6 is 11.3 Å². The largest absolute Gasteiger partial charge is 0.416 e. The standard InChI is InChI=1S/C19H17F3N4OS/c20-19(21,22)13-4-2-6-15(10-13)25-18-26-16(11-28-18)12-3-1-5-14(9-12)24-17(27)7-8-23/h1-6,9-11H,7-8,23H2,(H,24,27)(H,25,26). The summed E-state index contributed by atoms with van der Waals surface area (Å²) < 4.78 is 38.5. The summed E-state index contributed by atoms with van der Waals surface area (Å²) in [7, 11) is 0. The molecule has 146 valence electrons. The third-order valence-electron chi connectivity index (χ3n) is 3.76. The summed E-state index contributed by atoms with van der Waals surface area (Å²) >= 11 is 1.27. The number of halogens is 3. The number of alkyl halides is 3. The number of carbonyl (C=O) groups is 1. The van der Waals surface area contributed by atoms with Gasteiger partial charge in [0.15, 0.2) is 5.13 Å². The minimum Gasteiger partial charge on any atom is -0.332 e. The van der Waals surface area contributed by atoms with Gasteiger partial charge in [0.2, 0.25) is 5.91 Å². The first-order valence-corrected chi connectivity index (χ1v) is 9.23. The molecule has 0 spiro atoms. The van der Waals surface area contributed by atoms with E-state index in [1.165, 1.54) is 17.4 Å². The van der Waals surface area contributed by atoms with Gasteiger partial charge in [-0.3, -0.25) is 4.79 Å². The number of benzene rings is 2. The number of nitrogens with two attached hydrogens (primary N) is 1. The number of anilines is 3. The second-order valence-electron chi connectivity index (χ2n) is 5.91. The van der Waals surface area contributed by atoms with Gasteiger partial charge < -0.3 is 16.4 Å². The van der Waals surface area contributed by atoms with Crippen LogP contribution in [0.1, 0.15) is 12.0 Å². The van der Waals surface area contributed by atoms with Gasteiger partial charge in [0.25, 0.3) is 0 Å². The maximum Gasteiger partial charge on any atom is 0.416 e. The van der Waals surface area contributed by atoms with Crippen LogP contribution in [0.3, 0.4) is 0 Å². The number of thiazole rings is 1. The van der Waals surface area contributed by atoms with Crippen molar-refractivity contribution in [3.63, 3.8) is 0 Å². The molecule has 9 heteroatoms. The normalized spacial score (nSPS) is 11.3. The van der Waals surface area contributed by atoms with Crippen molar-refractivity contribution in [2.45, 2.75) is 12.6 Å². The van der Waals surface area contributed by atoms with Gasteiger partial charge in [0.1, 0.15) is 0 Å². The first-order valence-electron chi connectivity index (χ1n) is 8.35. The van der Waals surface area contributed by atoms with Gasteiger partial charge in [-0.05, 0) is 30.3 Å². The number of nitrogens with one attached hydrogen (secondary N) is 2. The molecule has 1 heterocycles. The molecule has 0 atom stereocenters. The smallest absolute Gasteiger partial charge is 0.332 e. The van der Waals surface area contributed by atoms with Crippen molar-refractivity contribution in [2.75, 3.05) is 17.2 Å². The molecule has 3 aromatic rings. The van der Waals surface area contributed by atoms with Crippen molar-refractivity contribution in [3.05, 3.63) is 59.5 Å². The van der Waals surface area contributed by atoms with Crippen LogP contribution in [0.5, 0.6) is 0 Å². The molecule has 1 aromatic heterocycles. The predicted octanol–water partition coefficient (Wildman–Crippen LogP) is 4.86. The van der Waals surface area contributed by atoms with E-state index in [2.05, 4.69) is 15.6 Å². The Morgan fingerprint density at radius 1 is 1.11 bits per heavy atom. The zero-order valence-electron chi connectivity index (χ0n) is 14.6. The Balaban J connectivity index is 1.75. The van der Waals surface area contributed by atoms with Crippen molar-refractivity contribution < 1.29 is 18.0 Å². The van der Waals surface area contributed by atoms with E-state index in [4.69, 9.17) is 5.73 Å². The van der Waals surface area contributed by atoms with E-state index in [1.807, 2.05) is 6.07 Å². The lowest BCUT2D eigenvalue weighted by Gasteiger charge is -2.09. The molecule has 2 aromatic carbocycles. The van der Waals surface area contributed by atoms with E-state index in [9.17, 15) is 18.0 Å². The second kappa shape index (κ2) is 8.41. The van der Waals surface area contributed by atoms with Crippen molar-refractivity contribution in [2.24, 2.45) is 5.73 Å². The van der Waals surface area contributed by atoms with Crippen molar-refractivity contribution >= 4 is 33.8 Å². The van der Waals surface area contributed by atoms with Gasteiger partial charge in [-0.25, -0.2) is 4.98 Å². The molecule has 0 radical (unpaired) electrons. The van der Waals surface area contributed by atoms with Crippen molar-refractivity contribution in [1.29, 1.82) is 0 Å². The van der Waals surface area contributed by atoms with E-state index in [1.54, 1.807) is 29.6 Å². The Morgan fingerprint density at radius 3 is 2.61 bits per heavy atom.